The smallest absolute Gasteiger partial charge is 0.228 e. The Morgan fingerprint density at radius 1 is 1.45 bits per heavy atom. The number of ether oxygens (including phenoxy) is 2. The third-order valence-corrected chi connectivity index (χ3v) is 3.59. The van der Waals surface area contributed by atoms with Crippen molar-refractivity contribution in [3.63, 3.8) is 0 Å². The van der Waals surface area contributed by atoms with Gasteiger partial charge in [0.15, 0.2) is 0 Å². The van der Waals surface area contributed by atoms with Crippen LogP contribution in [0.1, 0.15) is 32.9 Å². The van der Waals surface area contributed by atoms with Gasteiger partial charge in [0.2, 0.25) is 5.88 Å². The number of pyridine rings is 1. The molecule has 0 aliphatic carbocycles. The highest BCUT2D eigenvalue weighted by atomic mass is 79.9. The van der Waals surface area contributed by atoms with Gasteiger partial charge in [-0.2, -0.15) is 0 Å². The topological polar surface area (TPSA) is 47.0 Å². The maximum atomic E-state index is 5.87. The van der Waals surface area contributed by atoms with Gasteiger partial charge in [0, 0.05) is 20.2 Å². The summed E-state index contributed by atoms with van der Waals surface area (Å²) in [6.07, 6.45) is 2.77. The summed E-state index contributed by atoms with van der Waals surface area (Å²) in [5.74, 6) is 0.596. The summed E-state index contributed by atoms with van der Waals surface area (Å²) in [5, 5.41) is 0. The van der Waals surface area contributed by atoms with E-state index in [2.05, 4.69) is 39.8 Å². The number of halogens is 1. The average Bonchev–Trinajstić information content (AvgIpc) is 2.49. The van der Waals surface area contributed by atoms with E-state index in [1.165, 1.54) is 0 Å². The van der Waals surface area contributed by atoms with Crippen molar-refractivity contribution in [2.45, 2.75) is 40.2 Å². The van der Waals surface area contributed by atoms with Crippen molar-refractivity contribution < 1.29 is 9.47 Å². The average molecular weight is 372 g/mol. The van der Waals surface area contributed by atoms with Gasteiger partial charge in [0.25, 0.3) is 0 Å². The van der Waals surface area contributed by atoms with Crippen LogP contribution in [0.2, 0.25) is 0 Å². The van der Waals surface area contributed by atoms with E-state index in [0.717, 1.165) is 35.4 Å². The Bertz CT molecular complexity index is 495. The van der Waals surface area contributed by atoms with Gasteiger partial charge in [-0.1, -0.05) is 6.92 Å². The molecule has 0 aliphatic rings. The van der Waals surface area contributed by atoms with Gasteiger partial charge in [0.1, 0.15) is 6.10 Å². The van der Waals surface area contributed by atoms with Crippen molar-refractivity contribution in [2.75, 3.05) is 31.7 Å². The van der Waals surface area contributed by atoms with E-state index in [1.54, 1.807) is 13.4 Å². The van der Waals surface area contributed by atoms with Crippen LogP contribution in [-0.2, 0) is 4.74 Å². The lowest BCUT2D eigenvalue weighted by Crippen LogP contribution is -2.23. The second-order valence-corrected chi connectivity index (χ2v) is 5.90. The summed E-state index contributed by atoms with van der Waals surface area (Å²) in [7, 11) is 1.76. The molecular formula is C16H26BrN3O2. The molecule has 1 atom stereocenters. The van der Waals surface area contributed by atoms with Crippen LogP contribution in [0.5, 0.6) is 5.88 Å². The fraction of sp³-hybridized carbons (Fsp3) is 0.625. The first-order chi connectivity index (χ1) is 10.5. The van der Waals surface area contributed by atoms with Crippen molar-refractivity contribution in [2.24, 2.45) is 4.99 Å². The van der Waals surface area contributed by atoms with Crippen molar-refractivity contribution >= 4 is 28.0 Å². The highest BCUT2D eigenvalue weighted by Crippen LogP contribution is 2.30. The van der Waals surface area contributed by atoms with Crippen LogP contribution in [0, 0.1) is 6.92 Å². The highest BCUT2D eigenvalue weighted by Gasteiger charge is 2.14. The quantitative estimate of drug-likeness (QED) is 0.376. The molecule has 0 saturated heterocycles. The van der Waals surface area contributed by atoms with E-state index < -0.39 is 0 Å². The Kier molecular flexibility index (Phi) is 8.42. The van der Waals surface area contributed by atoms with Gasteiger partial charge in [-0.3, -0.25) is 4.99 Å². The van der Waals surface area contributed by atoms with E-state index >= 15 is 0 Å². The number of hydrogen-bond acceptors (Lipinski definition) is 4. The van der Waals surface area contributed by atoms with Crippen molar-refractivity contribution in [3.05, 3.63) is 16.2 Å². The Balaban J connectivity index is 2.85. The minimum atomic E-state index is -0.0416. The van der Waals surface area contributed by atoms with Gasteiger partial charge in [-0.05, 0) is 49.2 Å². The van der Waals surface area contributed by atoms with Crippen molar-refractivity contribution in [1.82, 2.24) is 4.98 Å². The number of anilines is 1. The molecule has 1 heterocycles. The first kappa shape index (κ1) is 18.9. The number of aryl methyl sites for hydroxylation is 1. The molecule has 1 aromatic rings. The standard InChI is InChI=1S/C16H26BrN3O2/c1-6-8-21-10-12(3)22-16-14(17)9-15(13(4)19-16)20(7-2)11-18-5/h9,11-12H,6-8,10H2,1-5H3/t12-/m1/s1. The number of rotatable bonds is 9. The molecule has 5 nitrogen and oxygen atoms in total. The zero-order chi connectivity index (χ0) is 16.5. The van der Waals surface area contributed by atoms with E-state index in [4.69, 9.17) is 9.47 Å². The molecule has 0 bridgehead atoms. The molecule has 0 spiro atoms. The summed E-state index contributed by atoms with van der Waals surface area (Å²) in [6, 6.07) is 2.02. The van der Waals surface area contributed by atoms with Crippen LogP contribution in [0.25, 0.3) is 0 Å². The predicted octanol–water partition coefficient (Wildman–Crippen LogP) is 3.83. The van der Waals surface area contributed by atoms with E-state index in [9.17, 15) is 0 Å². The zero-order valence-corrected chi connectivity index (χ0v) is 15.7. The molecule has 0 amide bonds. The molecule has 22 heavy (non-hydrogen) atoms. The second-order valence-electron chi connectivity index (χ2n) is 5.04. The van der Waals surface area contributed by atoms with Crippen LogP contribution >= 0.6 is 15.9 Å². The molecular weight excluding hydrogens is 346 g/mol. The highest BCUT2D eigenvalue weighted by molar-refractivity contribution is 9.10. The minimum Gasteiger partial charge on any atom is -0.471 e. The first-order valence-electron chi connectivity index (χ1n) is 7.63. The molecule has 0 fully saturated rings. The van der Waals surface area contributed by atoms with Gasteiger partial charge >= 0.3 is 0 Å². The van der Waals surface area contributed by atoms with Crippen molar-refractivity contribution in [1.29, 1.82) is 0 Å². The summed E-state index contributed by atoms with van der Waals surface area (Å²) in [4.78, 5) is 10.7. The Labute approximate surface area is 141 Å². The molecule has 0 aromatic carbocycles. The molecule has 0 aliphatic heterocycles. The lowest BCUT2D eigenvalue weighted by molar-refractivity contribution is 0.0563. The maximum Gasteiger partial charge on any atom is 0.228 e. The largest absolute Gasteiger partial charge is 0.471 e. The number of aromatic nitrogens is 1. The normalized spacial score (nSPS) is 12.6. The first-order valence-corrected chi connectivity index (χ1v) is 8.43. The lowest BCUT2D eigenvalue weighted by Gasteiger charge is -2.21. The Morgan fingerprint density at radius 3 is 2.77 bits per heavy atom. The SMILES string of the molecule is CCCOC[C@@H](C)Oc1nc(C)c(N(C=NC)CC)cc1Br. The Morgan fingerprint density at radius 2 is 2.18 bits per heavy atom. The lowest BCUT2D eigenvalue weighted by atomic mass is 10.3. The second kappa shape index (κ2) is 9.79. The van der Waals surface area contributed by atoms with E-state index in [0.29, 0.717) is 12.5 Å². The molecule has 6 heteroatoms. The summed E-state index contributed by atoms with van der Waals surface area (Å²) in [5.41, 5.74) is 1.92. The van der Waals surface area contributed by atoms with Crippen molar-refractivity contribution in [3.8, 4) is 5.88 Å². The van der Waals surface area contributed by atoms with Gasteiger partial charge in [-0.15, -0.1) is 0 Å². The molecule has 1 rings (SSSR count). The van der Waals surface area contributed by atoms with Crippen LogP contribution in [-0.4, -0.2) is 44.2 Å². The third kappa shape index (κ3) is 5.57. The minimum absolute atomic E-state index is 0.0416. The van der Waals surface area contributed by atoms with E-state index in [-0.39, 0.29) is 6.10 Å². The van der Waals surface area contributed by atoms with Gasteiger partial charge in [-0.25, -0.2) is 4.98 Å². The number of aliphatic imine (C=N–C) groups is 1. The zero-order valence-electron chi connectivity index (χ0n) is 14.1. The molecule has 0 saturated carbocycles. The van der Waals surface area contributed by atoms with Crippen LogP contribution in [0.15, 0.2) is 15.5 Å². The van der Waals surface area contributed by atoms with Crippen LogP contribution < -0.4 is 9.64 Å². The van der Waals surface area contributed by atoms with Gasteiger partial charge < -0.3 is 14.4 Å². The number of hydrogen-bond donors (Lipinski definition) is 0. The fourth-order valence-corrected chi connectivity index (χ4v) is 2.39. The molecule has 1 aromatic heterocycles. The molecule has 0 radical (unpaired) electrons. The third-order valence-electron chi connectivity index (χ3n) is 3.03. The van der Waals surface area contributed by atoms with E-state index in [1.807, 2.05) is 24.8 Å². The monoisotopic (exact) mass is 371 g/mol. The molecule has 124 valence electrons. The fourth-order valence-electron chi connectivity index (χ4n) is 1.99. The maximum absolute atomic E-state index is 5.87. The summed E-state index contributed by atoms with van der Waals surface area (Å²) in [6.45, 7) is 10.3. The molecule has 0 N–H and O–H groups in total. The summed E-state index contributed by atoms with van der Waals surface area (Å²) < 4.78 is 12.2. The van der Waals surface area contributed by atoms with Gasteiger partial charge in [0.05, 0.1) is 28.8 Å². The predicted molar refractivity (Wildman–Crippen MR) is 95.3 cm³/mol. The summed E-state index contributed by atoms with van der Waals surface area (Å²) >= 11 is 3.54. The Hall–Kier alpha value is -1.14. The van der Waals surface area contributed by atoms with Crippen LogP contribution in [0.4, 0.5) is 5.69 Å². The molecule has 0 unspecified atom stereocenters. The van der Waals surface area contributed by atoms with Crippen LogP contribution in [0.3, 0.4) is 0 Å². The number of nitrogens with zero attached hydrogens (tertiary/aromatic N) is 3.